The lowest BCUT2D eigenvalue weighted by Crippen LogP contribution is -2.31. The third-order valence-corrected chi connectivity index (χ3v) is 11.0. The highest BCUT2D eigenvalue weighted by Gasteiger charge is 2.33. The Balaban J connectivity index is 4.10. The van der Waals surface area contributed by atoms with Gasteiger partial charge in [-0.15, -0.1) is 7.92 Å². The fraction of sp³-hybridized carbons (Fsp3) is 1.00. The van der Waals surface area contributed by atoms with Crippen LogP contribution < -0.4 is 5.32 Å². The van der Waals surface area contributed by atoms with Crippen LogP contribution in [0.15, 0.2) is 0 Å². The molecular weight excluding hydrogens is 280 g/mol. The molecule has 0 aliphatic heterocycles. The molecule has 3 heteroatoms. The van der Waals surface area contributed by atoms with Crippen molar-refractivity contribution < 1.29 is 0 Å². The van der Waals surface area contributed by atoms with Gasteiger partial charge in [-0.25, -0.2) is 0 Å². The number of nitrogens with one attached hydrogen (secondary N) is 1. The number of hydrogen-bond donors (Lipinski definition) is 1. The second-order valence-electron chi connectivity index (χ2n) is 8.84. The summed E-state index contributed by atoms with van der Waals surface area (Å²) in [4.78, 5) is 0. The van der Waals surface area contributed by atoms with Crippen molar-refractivity contribution in [3.05, 3.63) is 0 Å². The van der Waals surface area contributed by atoms with E-state index >= 15 is 0 Å². The Bertz CT molecular complexity index is 254. The van der Waals surface area contributed by atoms with Crippen LogP contribution in [0.3, 0.4) is 0 Å². The monoisotopic (exact) mass is 319 g/mol. The molecule has 20 heavy (non-hydrogen) atoms. The van der Waals surface area contributed by atoms with Crippen LogP contribution in [0.25, 0.3) is 0 Å². The molecule has 122 valence electrons. The van der Waals surface area contributed by atoms with E-state index in [9.17, 15) is 0 Å². The molecule has 0 spiro atoms. The molecule has 0 rings (SSSR count). The first-order valence-corrected chi connectivity index (χ1v) is 11.5. The molecule has 0 radical (unpaired) electrons. The Labute approximate surface area is 131 Å². The van der Waals surface area contributed by atoms with Crippen LogP contribution in [0, 0.1) is 0 Å². The van der Waals surface area contributed by atoms with Crippen LogP contribution >= 0.6 is 15.8 Å². The molecule has 0 aromatic heterocycles. The third kappa shape index (κ3) is 8.31. The summed E-state index contributed by atoms with van der Waals surface area (Å²) in [6.45, 7) is 26.4. The lowest BCUT2D eigenvalue weighted by molar-refractivity contribution is 0.688. The Kier molecular flexibility index (Phi) is 8.22. The van der Waals surface area contributed by atoms with E-state index in [1.807, 2.05) is 0 Å². The molecule has 0 aliphatic rings. The Morgan fingerprint density at radius 3 is 1.40 bits per heavy atom. The first kappa shape index (κ1) is 20.8. The molecule has 0 bridgehead atoms. The molecule has 0 saturated heterocycles. The molecule has 0 amide bonds. The van der Waals surface area contributed by atoms with Gasteiger partial charge in [-0.2, -0.15) is 0 Å². The van der Waals surface area contributed by atoms with E-state index in [4.69, 9.17) is 0 Å². The van der Waals surface area contributed by atoms with Crippen molar-refractivity contribution in [2.75, 3.05) is 32.1 Å². The van der Waals surface area contributed by atoms with Crippen LogP contribution in [0.4, 0.5) is 0 Å². The van der Waals surface area contributed by atoms with Crippen LogP contribution in [-0.2, 0) is 0 Å². The topological polar surface area (TPSA) is 12.0 Å². The van der Waals surface area contributed by atoms with Crippen molar-refractivity contribution in [2.24, 2.45) is 0 Å². The molecule has 0 aliphatic carbocycles. The van der Waals surface area contributed by atoms with Crippen molar-refractivity contribution in [1.82, 2.24) is 5.32 Å². The van der Waals surface area contributed by atoms with E-state index in [0.29, 0.717) is 15.5 Å². The van der Waals surface area contributed by atoms with Gasteiger partial charge in [0.2, 0.25) is 0 Å². The first-order chi connectivity index (χ1) is 8.76. The van der Waals surface area contributed by atoms with Gasteiger partial charge in [0.25, 0.3) is 0 Å². The zero-order valence-electron chi connectivity index (χ0n) is 15.7. The average Bonchev–Trinajstić information content (AvgIpc) is 2.17. The Hall–Kier alpha value is 0.820. The maximum Gasteiger partial charge on any atom is -0.000898 e. The normalized spacial score (nSPS) is 15.8. The lowest BCUT2D eigenvalue weighted by Gasteiger charge is -2.41. The molecule has 1 atom stereocenters. The maximum absolute atomic E-state index is 3.70. The predicted octanol–water partition coefficient (Wildman–Crippen LogP) is 5.57. The van der Waals surface area contributed by atoms with Crippen LogP contribution in [0.1, 0.15) is 62.3 Å². The fourth-order valence-corrected chi connectivity index (χ4v) is 7.48. The first-order valence-electron chi connectivity index (χ1n) is 7.96. The second kappa shape index (κ2) is 7.89. The summed E-state index contributed by atoms with van der Waals surface area (Å²) in [6, 6.07) is 0. The van der Waals surface area contributed by atoms with Gasteiger partial charge >= 0.3 is 0 Å². The second-order valence-corrected chi connectivity index (χ2v) is 16.0. The molecule has 1 N–H and O–H groups in total. The Morgan fingerprint density at radius 2 is 1.05 bits per heavy atom. The SMILES string of the molecule is CP(CCNCCP(C(C)(C)C)C(C)(C)C)C(C)(C)C. The predicted molar refractivity (Wildman–Crippen MR) is 102 cm³/mol. The van der Waals surface area contributed by atoms with Crippen LogP contribution in [0.2, 0.25) is 0 Å². The van der Waals surface area contributed by atoms with Crippen molar-refractivity contribution in [2.45, 2.75) is 77.8 Å². The summed E-state index contributed by atoms with van der Waals surface area (Å²) in [7, 11) is 0.190. The maximum atomic E-state index is 3.70. The highest BCUT2D eigenvalue weighted by atomic mass is 31.1. The standard InChI is InChI=1S/C17H39NP2/c1-15(2,3)19(10)13-11-18-12-14-20(16(4,5)6)17(7,8)9/h18H,11-14H2,1-10H3. The van der Waals surface area contributed by atoms with Gasteiger partial charge in [0.1, 0.15) is 0 Å². The minimum Gasteiger partial charge on any atom is -0.316 e. The van der Waals surface area contributed by atoms with Gasteiger partial charge < -0.3 is 5.32 Å². The van der Waals surface area contributed by atoms with Gasteiger partial charge in [-0.1, -0.05) is 70.2 Å². The van der Waals surface area contributed by atoms with Crippen molar-refractivity contribution in [1.29, 1.82) is 0 Å². The van der Waals surface area contributed by atoms with Gasteiger partial charge in [0.05, 0.1) is 0 Å². The van der Waals surface area contributed by atoms with Gasteiger partial charge in [0.15, 0.2) is 0 Å². The molecule has 0 saturated carbocycles. The number of hydrogen-bond acceptors (Lipinski definition) is 1. The zero-order valence-corrected chi connectivity index (χ0v) is 17.5. The molecule has 0 aromatic carbocycles. The molecule has 0 heterocycles. The summed E-state index contributed by atoms with van der Waals surface area (Å²) in [5.74, 6) is 0. The van der Waals surface area contributed by atoms with Gasteiger partial charge in [-0.3, -0.25) is 0 Å². The van der Waals surface area contributed by atoms with Gasteiger partial charge in [-0.05, 0) is 47.5 Å². The summed E-state index contributed by atoms with van der Waals surface area (Å²) in [6.07, 6.45) is 2.70. The minimum absolute atomic E-state index is 0.0455. The van der Waals surface area contributed by atoms with E-state index < -0.39 is 0 Å². The summed E-state index contributed by atoms with van der Waals surface area (Å²) >= 11 is 0. The zero-order chi connectivity index (χ0) is 16.2. The Morgan fingerprint density at radius 1 is 0.650 bits per heavy atom. The third-order valence-electron chi connectivity index (χ3n) is 3.90. The molecule has 0 aromatic rings. The lowest BCUT2D eigenvalue weighted by atomic mass is 10.2. The van der Waals surface area contributed by atoms with Crippen molar-refractivity contribution >= 4 is 15.8 Å². The van der Waals surface area contributed by atoms with Crippen LogP contribution in [0.5, 0.6) is 0 Å². The molecular formula is C17H39NP2. The summed E-state index contributed by atoms with van der Waals surface area (Å²) < 4.78 is 0. The van der Waals surface area contributed by atoms with E-state index in [-0.39, 0.29) is 15.8 Å². The molecule has 1 nitrogen and oxygen atoms in total. The number of rotatable bonds is 6. The summed E-state index contributed by atoms with van der Waals surface area (Å²) in [5, 5.41) is 5.11. The highest BCUT2D eigenvalue weighted by molar-refractivity contribution is 7.60. The van der Waals surface area contributed by atoms with Crippen molar-refractivity contribution in [3.8, 4) is 0 Å². The highest BCUT2D eigenvalue weighted by Crippen LogP contribution is 2.58. The smallest absolute Gasteiger partial charge is 0.000898 e. The molecule has 0 fully saturated rings. The van der Waals surface area contributed by atoms with Gasteiger partial charge in [0, 0.05) is 0 Å². The van der Waals surface area contributed by atoms with E-state index in [1.54, 1.807) is 0 Å². The van der Waals surface area contributed by atoms with E-state index in [2.05, 4.69) is 74.3 Å². The fourth-order valence-electron chi connectivity index (χ4n) is 2.58. The average molecular weight is 319 g/mol. The molecule has 1 unspecified atom stereocenters. The minimum atomic E-state index is 0.0455. The van der Waals surface area contributed by atoms with E-state index in [0.717, 1.165) is 0 Å². The van der Waals surface area contributed by atoms with Crippen molar-refractivity contribution in [3.63, 3.8) is 0 Å². The van der Waals surface area contributed by atoms with E-state index in [1.165, 1.54) is 25.4 Å². The summed E-state index contributed by atoms with van der Waals surface area (Å²) in [5.41, 5.74) is 0. The largest absolute Gasteiger partial charge is 0.316 e. The van der Waals surface area contributed by atoms with Crippen LogP contribution in [-0.4, -0.2) is 47.5 Å². The quantitative estimate of drug-likeness (QED) is 0.499.